The molecule has 0 saturated heterocycles. The maximum absolute atomic E-state index is 12.4. The number of amides is 1. The summed E-state index contributed by atoms with van der Waals surface area (Å²) in [4.78, 5) is 13.1. The third-order valence-corrected chi connectivity index (χ3v) is 6.92. The van der Waals surface area contributed by atoms with E-state index in [1.807, 2.05) is 19.1 Å². The van der Waals surface area contributed by atoms with Gasteiger partial charge < -0.3 is 0 Å². The molecule has 2 rings (SSSR count). The number of rotatable bonds is 6. The van der Waals surface area contributed by atoms with E-state index in [0.29, 0.717) is 5.71 Å². The number of hydrazone groups is 1. The van der Waals surface area contributed by atoms with Gasteiger partial charge in [-0.05, 0) is 54.0 Å². The molecule has 134 valence electrons. The molecular formula is C16H18BrN3O3S2. The normalized spacial score (nSPS) is 12.4. The highest BCUT2D eigenvalue weighted by molar-refractivity contribution is 9.11. The number of nitrogens with one attached hydrogen (secondary N) is 1. The monoisotopic (exact) mass is 443 g/mol. The van der Waals surface area contributed by atoms with Crippen LogP contribution in [0.5, 0.6) is 0 Å². The van der Waals surface area contributed by atoms with Crippen LogP contribution < -0.4 is 5.43 Å². The third kappa shape index (κ3) is 5.21. The molecule has 6 nitrogen and oxygen atoms in total. The van der Waals surface area contributed by atoms with Crippen molar-refractivity contribution >= 4 is 48.9 Å². The number of carbonyl (C=O) groups is 1. The van der Waals surface area contributed by atoms with Crippen LogP contribution in [-0.2, 0) is 14.8 Å². The van der Waals surface area contributed by atoms with E-state index in [-0.39, 0.29) is 11.4 Å². The van der Waals surface area contributed by atoms with Gasteiger partial charge in [0.1, 0.15) is 0 Å². The van der Waals surface area contributed by atoms with E-state index >= 15 is 0 Å². The van der Waals surface area contributed by atoms with Crippen molar-refractivity contribution < 1.29 is 13.2 Å². The summed E-state index contributed by atoms with van der Waals surface area (Å²) in [5.41, 5.74) is 4.00. The van der Waals surface area contributed by atoms with Crippen LogP contribution in [0.3, 0.4) is 0 Å². The summed E-state index contributed by atoms with van der Waals surface area (Å²) in [5, 5.41) is 4.01. The molecule has 0 bridgehead atoms. The van der Waals surface area contributed by atoms with Gasteiger partial charge in [0, 0.05) is 7.05 Å². The van der Waals surface area contributed by atoms with Crippen molar-refractivity contribution in [3.8, 4) is 0 Å². The Morgan fingerprint density at radius 3 is 2.44 bits per heavy atom. The quantitative estimate of drug-likeness (QED) is 0.550. The van der Waals surface area contributed by atoms with Crippen molar-refractivity contribution in [1.29, 1.82) is 0 Å². The molecule has 0 aliphatic rings. The number of benzene rings is 1. The lowest BCUT2D eigenvalue weighted by atomic mass is 10.2. The molecule has 0 fully saturated rings. The fraction of sp³-hybridized carbons (Fsp3) is 0.250. The number of thiophene rings is 1. The number of hydrogen-bond donors (Lipinski definition) is 1. The molecule has 0 unspecified atom stereocenters. The van der Waals surface area contributed by atoms with Crippen LogP contribution in [0.4, 0.5) is 0 Å². The predicted octanol–water partition coefficient (Wildman–Crippen LogP) is 2.98. The summed E-state index contributed by atoms with van der Waals surface area (Å²) in [6.45, 7) is 3.33. The van der Waals surface area contributed by atoms with Crippen LogP contribution in [0, 0.1) is 6.92 Å². The minimum Gasteiger partial charge on any atom is -0.272 e. The van der Waals surface area contributed by atoms with E-state index in [1.54, 1.807) is 19.1 Å². The molecule has 0 saturated carbocycles. The van der Waals surface area contributed by atoms with Crippen LogP contribution in [-0.4, -0.2) is 37.9 Å². The second kappa shape index (κ2) is 8.22. The Bertz CT molecular complexity index is 890. The Balaban J connectivity index is 2.00. The van der Waals surface area contributed by atoms with E-state index < -0.39 is 15.9 Å². The Morgan fingerprint density at radius 1 is 1.24 bits per heavy atom. The van der Waals surface area contributed by atoms with E-state index in [9.17, 15) is 13.2 Å². The molecule has 0 radical (unpaired) electrons. The Morgan fingerprint density at radius 2 is 1.88 bits per heavy atom. The van der Waals surface area contributed by atoms with Gasteiger partial charge in [-0.25, -0.2) is 13.8 Å². The Kier molecular flexibility index (Phi) is 6.50. The van der Waals surface area contributed by atoms with Gasteiger partial charge in [-0.1, -0.05) is 17.7 Å². The fourth-order valence-corrected chi connectivity index (χ4v) is 4.38. The van der Waals surface area contributed by atoms with Crippen LogP contribution in [0.1, 0.15) is 17.4 Å². The summed E-state index contributed by atoms with van der Waals surface area (Å²) < 4.78 is 26.9. The molecule has 1 aromatic heterocycles. The van der Waals surface area contributed by atoms with Gasteiger partial charge in [0.15, 0.2) is 0 Å². The molecule has 1 N–H and O–H groups in total. The standard InChI is InChI=1S/C16H18BrN3O3S2/c1-11-4-6-13(7-5-11)25(22,23)20(3)10-16(21)19-18-12(2)14-8-9-15(17)24-14/h4-9H,10H2,1-3H3,(H,19,21). The van der Waals surface area contributed by atoms with E-state index in [4.69, 9.17) is 0 Å². The highest BCUT2D eigenvalue weighted by Crippen LogP contribution is 2.22. The molecule has 1 aromatic carbocycles. The number of likely N-dealkylation sites (N-methyl/N-ethyl adjacent to an activating group) is 1. The van der Waals surface area contributed by atoms with Crippen LogP contribution in [0.25, 0.3) is 0 Å². The second-order valence-electron chi connectivity index (χ2n) is 5.41. The zero-order valence-corrected chi connectivity index (χ0v) is 17.2. The van der Waals surface area contributed by atoms with Gasteiger partial charge in [-0.15, -0.1) is 11.3 Å². The lowest BCUT2D eigenvalue weighted by molar-refractivity contribution is -0.121. The molecule has 0 aliphatic heterocycles. The number of aryl methyl sites for hydroxylation is 1. The molecule has 2 aromatic rings. The van der Waals surface area contributed by atoms with Crippen molar-refractivity contribution in [3.05, 3.63) is 50.6 Å². The lowest BCUT2D eigenvalue weighted by Crippen LogP contribution is -2.36. The summed E-state index contributed by atoms with van der Waals surface area (Å²) >= 11 is 4.86. The van der Waals surface area contributed by atoms with Crippen LogP contribution in [0.2, 0.25) is 0 Å². The average molecular weight is 444 g/mol. The molecule has 0 atom stereocenters. The van der Waals surface area contributed by atoms with Crippen LogP contribution in [0.15, 0.2) is 50.2 Å². The van der Waals surface area contributed by atoms with E-state index in [1.165, 1.54) is 30.5 Å². The smallest absolute Gasteiger partial charge is 0.255 e. The summed E-state index contributed by atoms with van der Waals surface area (Å²) in [6.07, 6.45) is 0. The molecule has 25 heavy (non-hydrogen) atoms. The lowest BCUT2D eigenvalue weighted by Gasteiger charge is -2.16. The molecular weight excluding hydrogens is 426 g/mol. The zero-order valence-electron chi connectivity index (χ0n) is 14.0. The molecule has 1 heterocycles. The van der Waals surface area contributed by atoms with Gasteiger partial charge in [-0.3, -0.25) is 4.79 Å². The first-order valence-corrected chi connectivity index (χ1v) is 10.4. The second-order valence-corrected chi connectivity index (χ2v) is 9.92. The minimum absolute atomic E-state index is 0.150. The topological polar surface area (TPSA) is 78.8 Å². The number of hydrogen-bond acceptors (Lipinski definition) is 5. The zero-order chi connectivity index (χ0) is 18.6. The summed E-state index contributed by atoms with van der Waals surface area (Å²) in [6, 6.07) is 10.3. The third-order valence-electron chi connectivity index (χ3n) is 3.37. The number of sulfonamides is 1. The average Bonchev–Trinajstić information content (AvgIpc) is 2.99. The van der Waals surface area contributed by atoms with Gasteiger partial charge >= 0.3 is 0 Å². The first kappa shape index (κ1) is 19.8. The first-order chi connectivity index (χ1) is 11.7. The SMILES string of the molecule is CC(=NNC(=O)CN(C)S(=O)(=O)c1ccc(C)cc1)c1ccc(Br)s1. The highest BCUT2D eigenvalue weighted by atomic mass is 79.9. The Hall–Kier alpha value is -1.55. The van der Waals surface area contributed by atoms with Gasteiger partial charge in [0.25, 0.3) is 5.91 Å². The van der Waals surface area contributed by atoms with Crippen molar-refractivity contribution in [2.45, 2.75) is 18.7 Å². The molecule has 1 amide bonds. The van der Waals surface area contributed by atoms with Crippen molar-refractivity contribution in [3.63, 3.8) is 0 Å². The molecule has 0 spiro atoms. The highest BCUT2D eigenvalue weighted by Gasteiger charge is 2.22. The Labute approximate surface area is 159 Å². The van der Waals surface area contributed by atoms with E-state index in [2.05, 4.69) is 26.5 Å². The molecule has 9 heteroatoms. The summed E-state index contributed by atoms with van der Waals surface area (Å²) in [5.74, 6) is -0.506. The maximum Gasteiger partial charge on any atom is 0.255 e. The predicted molar refractivity (Wildman–Crippen MR) is 103 cm³/mol. The molecule has 0 aliphatic carbocycles. The number of halogens is 1. The number of nitrogens with zero attached hydrogens (tertiary/aromatic N) is 2. The number of carbonyl (C=O) groups excluding carboxylic acids is 1. The first-order valence-electron chi connectivity index (χ1n) is 7.32. The largest absolute Gasteiger partial charge is 0.272 e. The van der Waals surface area contributed by atoms with E-state index in [0.717, 1.165) is 18.5 Å². The van der Waals surface area contributed by atoms with Crippen molar-refractivity contribution in [2.75, 3.05) is 13.6 Å². The van der Waals surface area contributed by atoms with Gasteiger partial charge in [-0.2, -0.15) is 9.41 Å². The minimum atomic E-state index is -3.72. The summed E-state index contributed by atoms with van der Waals surface area (Å²) in [7, 11) is -2.36. The van der Waals surface area contributed by atoms with Gasteiger partial charge in [0.2, 0.25) is 10.0 Å². The van der Waals surface area contributed by atoms with Gasteiger partial charge in [0.05, 0.1) is 25.8 Å². The van der Waals surface area contributed by atoms with Crippen LogP contribution >= 0.6 is 27.3 Å². The fourth-order valence-electron chi connectivity index (χ4n) is 1.92. The van der Waals surface area contributed by atoms with Crippen molar-refractivity contribution in [1.82, 2.24) is 9.73 Å². The maximum atomic E-state index is 12.4. The van der Waals surface area contributed by atoms with Crippen molar-refractivity contribution in [2.24, 2.45) is 5.10 Å².